The van der Waals surface area contributed by atoms with Gasteiger partial charge in [-0.3, -0.25) is 0 Å². The van der Waals surface area contributed by atoms with Crippen molar-refractivity contribution in [3.8, 4) is 0 Å². The lowest BCUT2D eigenvalue weighted by atomic mass is 9.85. The predicted octanol–water partition coefficient (Wildman–Crippen LogP) is 2.42. The number of rotatable bonds is 6. The largest absolute Gasteiger partial charge is 0.336 e. The van der Waals surface area contributed by atoms with Gasteiger partial charge in [0, 0.05) is 37.1 Å². The molecule has 0 aromatic carbocycles. The van der Waals surface area contributed by atoms with E-state index in [0.29, 0.717) is 18.1 Å². The Morgan fingerprint density at radius 3 is 2.80 bits per heavy atom. The summed E-state index contributed by atoms with van der Waals surface area (Å²) < 4.78 is 2.17. The van der Waals surface area contributed by atoms with Gasteiger partial charge in [0.15, 0.2) is 0 Å². The maximum absolute atomic E-state index is 4.14. The predicted molar refractivity (Wildman–Crippen MR) is 83.7 cm³/mol. The van der Waals surface area contributed by atoms with Gasteiger partial charge in [-0.25, -0.2) is 4.98 Å². The molecule has 1 aromatic rings. The summed E-state index contributed by atoms with van der Waals surface area (Å²) in [7, 11) is 0. The van der Waals surface area contributed by atoms with Crippen LogP contribution in [-0.2, 0) is 6.54 Å². The molecule has 3 unspecified atom stereocenters. The van der Waals surface area contributed by atoms with Gasteiger partial charge < -0.3 is 15.2 Å². The fourth-order valence-corrected chi connectivity index (χ4v) is 2.98. The second kappa shape index (κ2) is 6.72. The maximum atomic E-state index is 4.14. The van der Waals surface area contributed by atoms with Crippen molar-refractivity contribution in [3.05, 3.63) is 18.7 Å². The molecule has 0 bridgehead atoms. The Balaban J connectivity index is 1.89. The van der Waals surface area contributed by atoms with Gasteiger partial charge in [0.25, 0.3) is 0 Å². The molecule has 20 heavy (non-hydrogen) atoms. The van der Waals surface area contributed by atoms with Crippen molar-refractivity contribution in [1.29, 1.82) is 0 Å². The molecule has 0 spiro atoms. The highest BCUT2D eigenvalue weighted by molar-refractivity contribution is 4.87. The number of hydrogen-bond acceptors (Lipinski definition) is 3. The molecule has 4 nitrogen and oxygen atoms in total. The lowest BCUT2D eigenvalue weighted by Crippen LogP contribution is -2.48. The van der Waals surface area contributed by atoms with Crippen LogP contribution in [0.3, 0.4) is 0 Å². The third kappa shape index (κ3) is 4.60. The third-order valence-electron chi connectivity index (χ3n) is 4.28. The molecular weight excluding hydrogens is 248 g/mol. The van der Waals surface area contributed by atoms with Gasteiger partial charge in [0.1, 0.15) is 0 Å². The standard InChI is InChI=1S/C16H30N4/c1-13(10-14-6-5-7-18-14)19-15(16(2,3)4)11-20-9-8-17-12-20/h8-9,12-15,18-19H,5-7,10-11H2,1-4H3. The normalized spacial score (nSPS) is 22.9. The highest BCUT2D eigenvalue weighted by atomic mass is 15.1. The van der Waals surface area contributed by atoms with Crippen LogP contribution in [0.4, 0.5) is 0 Å². The Hall–Kier alpha value is -0.870. The van der Waals surface area contributed by atoms with E-state index in [-0.39, 0.29) is 5.41 Å². The minimum absolute atomic E-state index is 0.238. The highest BCUT2D eigenvalue weighted by Crippen LogP contribution is 2.22. The topological polar surface area (TPSA) is 41.9 Å². The first-order chi connectivity index (χ1) is 9.45. The molecule has 1 aliphatic rings. The summed E-state index contributed by atoms with van der Waals surface area (Å²) in [6, 6.07) is 1.69. The van der Waals surface area contributed by atoms with Crippen LogP contribution in [0.25, 0.3) is 0 Å². The van der Waals surface area contributed by atoms with Gasteiger partial charge in [-0.2, -0.15) is 0 Å². The van der Waals surface area contributed by atoms with E-state index >= 15 is 0 Å². The van der Waals surface area contributed by atoms with Crippen LogP contribution in [0.15, 0.2) is 18.7 Å². The average Bonchev–Trinajstić information content (AvgIpc) is 2.99. The molecule has 0 radical (unpaired) electrons. The summed E-state index contributed by atoms with van der Waals surface area (Å²) in [5.74, 6) is 0. The van der Waals surface area contributed by atoms with Crippen molar-refractivity contribution in [3.63, 3.8) is 0 Å². The molecule has 4 heteroatoms. The first kappa shape index (κ1) is 15.5. The van der Waals surface area contributed by atoms with Crippen molar-refractivity contribution in [2.45, 2.75) is 71.6 Å². The monoisotopic (exact) mass is 278 g/mol. The quantitative estimate of drug-likeness (QED) is 0.840. The molecule has 0 saturated carbocycles. The second-order valence-corrected chi connectivity index (χ2v) is 7.27. The van der Waals surface area contributed by atoms with E-state index < -0.39 is 0 Å². The fourth-order valence-electron chi connectivity index (χ4n) is 2.98. The Kier molecular flexibility index (Phi) is 5.22. The van der Waals surface area contributed by atoms with Crippen LogP contribution in [0.1, 0.15) is 47.0 Å². The first-order valence-corrected chi connectivity index (χ1v) is 7.90. The van der Waals surface area contributed by atoms with Crippen molar-refractivity contribution >= 4 is 0 Å². The summed E-state index contributed by atoms with van der Waals surface area (Å²) in [6.45, 7) is 11.4. The number of hydrogen-bond donors (Lipinski definition) is 2. The molecule has 0 aliphatic carbocycles. The minimum atomic E-state index is 0.238. The van der Waals surface area contributed by atoms with E-state index in [9.17, 15) is 0 Å². The van der Waals surface area contributed by atoms with Crippen molar-refractivity contribution in [1.82, 2.24) is 20.2 Å². The lowest BCUT2D eigenvalue weighted by molar-refractivity contribution is 0.218. The van der Waals surface area contributed by atoms with Gasteiger partial charge in [-0.1, -0.05) is 20.8 Å². The molecule has 0 amide bonds. The molecule has 2 rings (SSSR count). The van der Waals surface area contributed by atoms with Crippen molar-refractivity contribution in [2.75, 3.05) is 6.54 Å². The van der Waals surface area contributed by atoms with E-state index in [2.05, 4.69) is 47.9 Å². The molecule has 1 saturated heterocycles. The van der Waals surface area contributed by atoms with E-state index in [1.165, 1.54) is 25.8 Å². The molecule has 1 aromatic heterocycles. The summed E-state index contributed by atoms with van der Waals surface area (Å²) in [4.78, 5) is 4.14. The summed E-state index contributed by atoms with van der Waals surface area (Å²) >= 11 is 0. The number of imidazole rings is 1. The van der Waals surface area contributed by atoms with Crippen molar-refractivity contribution in [2.24, 2.45) is 5.41 Å². The highest BCUT2D eigenvalue weighted by Gasteiger charge is 2.27. The molecule has 3 atom stereocenters. The van der Waals surface area contributed by atoms with Crippen LogP contribution in [0.5, 0.6) is 0 Å². The zero-order valence-electron chi connectivity index (χ0n) is 13.4. The fraction of sp³-hybridized carbons (Fsp3) is 0.812. The van der Waals surface area contributed by atoms with Gasteiger partial charge >= 0.3 is 0 Å². The van der Waals surface area contributed by atoms with Gasteiger partial charge in [0.05, 0.1) is 6.33 Å². The van der Waals surface area contributed by atoms with Crippen LogP contribution in [0, 0.1) is 5.41 Å². The lowest BCUT2D eigenvalue weighted by Gasteiger charge is -2.35. The molecule has 2 N–H and O–H groups in total. The molecular formula is C16H30N4. The first-order valence-electron chi connectivity index (χ1n) is 7.90. The van der Waals surface area contributed by atoms with Gasteiger partial charge in [-0.15, -0.1) is 0 Å². The van der Waals surface area contributed by atoms with E-state index in [1.807, 2.05) is 18.7 Å². The molecule has 114 valence electrons. The van der Waals surface area contributed by atoms with Crippen molar-refractivity contribution < 1.29 is 0 Å². The zero-order chi connectivity index (χ0) is 14.6. The number of aromatic nitrogens is 2. The Morgan fingerprint density at radius 1 is 1.45 bits per heavy atom. The van der Waals surface area contributed by atoms with Crippen LogP contribution < -0.4 is 10.6 Å². The third-order valence-corrected chi connectivity index (χ3v) is 4.28. The van der Waals surface area contributed by atoms with Gasteiger partial charge in [0.2, 0.25) is 0 Å². The SMILES string of the molecule is CC(CC1CCCN1)NC(Cn1ccnc1)C(C)(C)C. The summed E-state index contributed by atoms with van der Waals surface area (Å²) in [5.41, 5.74) is 0.238. The van der Waals surface area contributed by atoms with Gasteiger partial charge in [-0.05, 0) is 38.1 Å². The van der Waals surface area contributed by atoms with E-state index in [1.54, 1.807) is 0 Å². The smallest absolute Gasteiger partial charge is 0.0946 e. The second-order valence-electron chi connectivity index (χ2n) is 7.27. The van der Waals surface area contributed by atoms with E-state index in [0.717, 1.165) is 6.54 Å². The number of nitrogens with zero attached hydrogens (tertiary/aromatic N) is 2. The Morgan fingerprint density at radius 2 is 2.25 bits per heavy atom. The summed E-state index contributed by atoms with van der Waals surface area (Å²) in [5, 5.41) is 7.42. The minimum Gasteiger partial charge on any atom is -0.336 e. The molecule has 2 heterocycles. The number of nitrogens with one attached hydrogen (secondary N) is 2. The van der Waals surface area contributed by atoms with Crippen LogP contribution in [0.2, 0.25) is 0 Å². The van der Waals surface area contributed by atoms with Crippen LogP contribution >= 0.6 is 0 Å². The molecule has 1 aliphatic heterocycles. The summed E-state index contributed by atoms with van der Waals surface area (Å²) in [6.07, 6.45) is 9.68. The van der Waals surface area contributed by atoms with Crippen LogP contribution in [-0.4, -0.2) is 34.2 Å². The zero-order valence-corrected chi connectivity index (χ0v) is 13.4. The Labute approximate surface area is 123 Å². The van der Waals surface area contributed by atoms with E-state index in [4.69, 9.17) is 0 Å². The maximum Gasteiger partial charge on any atom is 0.0946 e. The average molecular weight is 278 g/mol. The Bertz CT molecular complexity index is 374. The molecule has 1 fully saturated rings.